The number of methoxy groups -OCH3 is 1. The Morgan fingerprint density at radius 3 is 2.56 bits per heavy atom. The Labute approximate surface area is 93.0 Å². The Balaban J connectivity index is 2.45. The average molecular weight is 223 g/mol. The van der Waals surface area contributed by atoms with Gasteiger partial charge in [-0.05, 0) is 12.1 Å². The lowest BCUT2D eigenvalue weighted by molar-refractivity contribution is -0.149. The number of nitrogens with one attached hydrogen (secondary N) is 1. The van der Waals surface area contributed by atoms with Crippen LogP contribution in [-0.4, -0.2) is 36.7 Å². The van der Waals surface area contributed by atoms with Gasteiger partial charge >= 0.3 is 5.97 Å². The molecule has 0 saturated carbocycles. The molecule has 1 rings (SSSR count). The van der Waals surface area contributed by atoms with Crippen LogP contribution in [0.15, 0.2) is 30.3 Å². The zero-order valence-corrected chi connectivity index (χ0v) is 8.84. The van der Waals surface area contributed by atoms with Crippen molar-refractivity contribution in [2.24, 2.45) is 0 Å². The number of aliphatic hydroxyl groups is 1. The van der Waals surface area contributed by atoms with Crippen LogP contribution in [0.25, 0.3) is 0 Å². The monoisotopic (exact) mass is 223 g/mol. The van der Waals surface area contributed by atoms with Crippen molar-refractivity contribution in [3.05, 3.63) is 35.9 Å². The van der Waals surface area contributed by atoms with E-state index in [0.717, 1.165) is 0 Å². The number of aliphatic hydroxyl groups excluding tert-OH is 1. The van der Waals surface area contributed by atoms with Crippen LogP contribution in [0.1, 0.15) is 10.4 Å². The van der Waals surface area contributed by atoms with Crippen molar-refractivity contribution >= 4 is 11.9 Å². The van der Waals surface area contributed by atoms with Crippen molar-refractivity contribution in [2.45, 2.75) is 6.10 Å². The molecule has 0 fully saturated rings. The number of rotatable bonds is 4. The van der Waals surface area contributed by atoms with Crippen LogP contribution >= 0.6 is 0 Å². The predicted octanol–water partition coefficient (Wildman–Crippen LogP) is -0.0497. The van der Waals surface area contributed by atoms with Gasteiger partial charge in [-0.1, -0.05) is 18.2 Å². The first-order valence-electron chi connectivity index (χ1n) is 4.74. The molecule has 0 spiro atoms. The van der Waals surface area contributed by atoms with Crippen molar-refractivity contribution in [2.75, 3.05) is 13.7 Å². The molecule has 0 aliphatic rings. The molecule has 1 atom stereocenters. The zero-order valence-electron chi connectivity index (χ0n) is 8.84. The van der Waals surface area contributed by atoms with Gasteiger partial charge in [0, 0.05) is 5.56 Å². The molecular formula is C11H13NO4. The molecule has 5 heteroatoms. The van der Waals surface area contributed by atoms with E-state index in [0.29, 0.717) is 5.56 Å². The normalized spacial score (nSPS) is 11.6. The van der Waals surface area contributed by atoms with E-state index in [4.69, 9.17) is 0 Å². The van der Waals surface area contributed by atoms with Crippen LogP contribution in [0.5, 0.6) is 0 Å². The second-order valence-corrected chi connectivity index (χ2v) is 3.12. The highest BCUT2D eigenvalue weighted by molar-refractivity contribution is 5.94. The number of hydrogen-bond acceptors (Lipinski definition) is 4. The van der Waals surface area contributed by atoms with E-state index in [1.165, 1.54) is 7.11 Å². The quantitative estimate of drug-likeness (QED) is 0.702. The smallest absolute Gasteiger partial charge is 0.336 e. The molecule has 5 nitrogen and oxygen atoms in total. The molecule has 0 aliphatic heterocycles. The number of carbonyl (C=O) groups is 2. The van der Waals surface area contributed by atoms with Crippen molar-refractivity contribution in [3.63, 3.8) is 0 Å². The molecule has 1 aromatic carbocycles. The number of carbonyl (C=O) groups excluding carboxylic acids is 2. The highest BCUT2D eigenvalue weighted by Crippen LogP contribution is 1.97. The topological polar surface area (TPSA) is 75.6 Å². The molecule has 0 radical (unpaired) electrons. The second kappa shape index (κ2) is 5.87. The Morgan fingerprint density at radius 2 is 2.00 bits per heavy atom. The fraction of sp³-hybridized carbons (Fsp3) is 0.273. The molecule has 0 heterocycles. The van der Waals surface area contributed by atoms with Crippen molar-refractivity contribution in [3.8, 4) is 0 Å². The van der Waals surface area contributed by atoms with Gasteiger partial charge in [0.05, 0.1) is 13.7 Å². The molecule has 1 amide bonds. The third-order valence-electron chi connectivity index (χ3n) is 1.97. The van der Waals surface area contributed by atoms with E-state index in [1.807, 2.05) is 0 Å². The maximum absolute atomic E-state index is 11.5. The van der Waals surface area contributed by atoms with Crippen molar-refractivity contribution < 1.29 is 19.4 Å². The highest BCUT2D eigenvalue weighted by Gasteiger charge is 2.16. The molecular weight excluding hydrogens is 210 g/mol. The Hall–Kier alpha value is -1.88. The van der Waals surface area contributed by atoms with Gasteiger partial charge in [-0.3, -0.25) is 4.79 Å². The van der Waals surface area contributed by atoms with E-state index in [-0.39, 0.29) is 12.5 Å². The average Bonchev–Trinajstić information content (AvgIpc) is 2.35. The van der Waals surface area contributed by atoms with Gasteiger partial charge in [0.1, 0.15) is 0 Å². The maximum Gasteiger partial charge on any atom is 0.336 e. The lowest BCUT2D eigenvalue weighted by Crippen LogP contribution is -2.37. The van der Waals surface area contributed by atoms with Crippen LogP contribution in [-0.2, 0) is 9.53 Å². The second-order valence-electron chi connectivity index (χ2n) is 3.12. The zero-order chi connectivity index (χ0) is 12.0. The third kappa shape index (κ3) is 3.36. The number of esters is 1. The molecule has 16 heavy (non-hydrogen) atoms. The minimum atomic E-state index is -1.34. The van der Waals surface area contributed by atoms with E-state index in [1.54, 1.807) is 30.3 Å². The minimum absolute atomic E-state index is 0.166. The van der Waals surface area contributed by atoms with Crippen molar-refractivity contribution in [1.82, 2.24) is 5.32 Å². The van der Waals surface area contributed by atoms with Gasteiger partial charge in [0.2, 0.25) is 0 Å². The highest BCUT2D eigenvalue weighted by atomic mass is 16.5. The summed E-state index contributed by atoms with van der Waals surface area (Å²) in [5, 5.41) is 11.6. The van der Waals surface area contributed by atoms with Gasteiger partial charge in [-0.2, -0.15) is 0 Å². The molecule has 2 N–H and O–H groups in total. The lowest BCUT2D eigenvalue weighted by Gasteiger charge is -2.09. The first-order chi connectivity index (χ1) is 7.65. The SMILES string of the molecule is COC(=O)C(O)CNC(=O)c1ccccc1. The number of benzene rings is 1. The van der Waals surface area contributed by atoms with Crippen molar-refractivity contribution in [1.29, 1.82) is 0 Å². The van der Waals surface area contributed by atoms with Crippen LogP contribution in [0.2, 0.25) is 0 Å². The molecule has 1 unspecified atom stereocenters. The molecule has 86 valence electrons. The summed E-state index contributed by atoms with van der Waals surface area (Å²) in [5.41, 5.74) is 0.472. The first-order valence-corrected chi connectivity index (χ1v) is 4.74. The van der Waals surface area contributed by atoms with Crippen LogP contribution in [0, 0.1) is 0 Å². The Morgan fingerprint density at radius 1 is 1.38 bits per heavy atom. The number of amides is 1. The molecule has 0 bridgehead atoms. The summed E-state index contributed by atoms with van der Waals surface area (Å²) in [4.78, 5) is 22.3. The van der Waals surface area contributed by atoms with Crippen LogP contribution < -0.4 is 5.32 Å². The Bertz CT molecular complexity index is 364. The van der Waals surface area contributed by atoms with E-state index < -0.39 is 12.1 Å². The van der Waals surface area contributed by atoms with Gasteiger partial charge in [-0.15, -0.1) is 0 Å². The minimum Gasteiger partial charge on any atom is -0.467 e. The first kappa shape index (κ1) is 12.2. The fourth-order valence-electron chi connectivity index (χ4n) is 1.10. The van der Waals surface area contributed by atoms with E-state index in [2.05, 4.69) is 10.1 Å². The molecule has 0 aromatic heterocycles. The predicted molar refractivity (Wildman–Crippen MR) is 56.8 cm³/mol. The standard InChI is InChI=1S/C11H13NO4/c1-16-11(15)9(13)7-12-10(14)8-5-3-2-4-6-8/h2-6,9,13H,7H2,1H3,(H,12,14). The van der Waals surface area contributed by atoms with Gasteiger partial charge in [-0.25, -0.2) is 4.79 Å². The lowest BCUT2D eigenvalue weighted by atomic mass is 10.2. The third-order valence-corrected chi connectivity index (χ3v) is 1.97. The van der Waals surface area contributed by atoms with Gasteiger partial charge in [0.15, 0.2) is 6.10 Å². The maximum atomic E-state index is 11.5. The van der Waals surface area contributed by atoms with Crippen LogP contribution in [0.4, 0.5) is 0 Å². The summed E-state index contributed by atoms with van der Waals surface area (Å²) in [6.07, 6.45) is -1.34. The van der Waals surface area contributed by atoms with Gasteiger partial charge in [0.25, 0.3) is 5.91 Å². The summed E-state index contributed by atoms with van der Waals surface area (Å²) in [7, 11) is 1.17. The summed E-state index contributed by atoms with van der Waals surface area (Å²) >= 11 is 0. The van der Waals surface area contributed by atoms with Crippen LogP contribution in [0.3, 0.4) is 0 Å². The Kier molecular flexibility index (Phi) is 4.47. The number of ether oxygens (including phenoxy) is 1. The van der Waals surface area contributed by atoms with E-state index in [9.17, 15) is 14.7 Å². The summed E-state index contributed by atoms with van der Waals surface area (Å²) in [6, 6.07) is 8.52. The largest absolute Gasteiger partial charge is 0.467 e. The molecule has 1 aromatic rings. The molecule has 0 saturated heterocycles. The summed E-state index contributed by atoms with van der Waals surface area (Å²) in [5.74, 6) is -1.11. The summed E-state index contributed by atoms with van der Waals surface area (Å²) in [6.45, 7) is -0.166. The van der Waals surface area contributed by atoms with E-state index >= 15 is 0 Å². The molecule has 0 aliphatic carbocycles. The van der Waals surface area contributed by atoms with Gasteiger partial charge < -0.3 is 15.2 Å². The number of hydrogen-bond donors (Lipinski definition) is 2. The summed E-state index contributed by atoms with van der Waals surface area (Å²) < 4.78 is 4.31. The fourth-order valence-corrected chi connectivity index (χ4v) is 1.10.